The van der Waals surface area contributed by atoms with E-state index >= 15 is 0 Å². The molecule has 21 heavy (non-hydrogen) atoms. The van der Waals surface area contributed by atoms with Crippen LogP contribution in [0.5, 0.6) is 5.75 Å². The van der Waals surface area contributed by atoms with Crippen LogP contribution in [0.25, 0.3) is 0 Å². The highest BCUT2D eigenvalue weighted by atomic mass is 19.4. The molecule has 0 saturated heterocycles. The predicted molar refractivity (Wildman–Crippen MR) is 73.6 cm³/mol. The molecule has 0 amide bonds. The molecule has 1 aromatic carbocycles. The first-order valence-corrected chi connectivity index (χ1v) is 6.39. The second-order valence-corrected chi connectivity index (χ2v) is 4.48. The van der Waals surface area contributed by atoms with Crippen molar-refractivity contribution >= 4 is 17.3 Å². The van der Waals surface area contributed by atoms with Crippen molar-refractivity contribution in [3.05, 3.63) is 24.3 Å². The summed E-state index contributed by atoms with van der Waals surface area (Å²) in [6.45, 7) is 2.08. The summed E-state index contributed by atoms with van der Waals surface area (Å²) in [6, 6.07) is 6.05. The smallest absolute Gasteiger partial charge is 0.430 e. The first-order valence-electron chi connectivity index (χ1n) is 6.39. The van der Waals surface area contributed by atoms with E-state index < -0.39 is 17.8 Å². The monoisotopic (exact) mass is 300 g/mol. The fourth-order valence-corrected chi connectivity index (χ4v) is 1.93. The molecule has 1 aliphatic rings. The van der Waals surface area contributed by atoms with Crippen LogP contribution >= 0.6 is 0 Å². The van der Waals surface area contributed by atoms with Gasteiger partial charge in [-0.15, -0.1) is 0 Å². The second kappa shape index (κ2) is 6.15. The largest absolute Gasteiger partial charge is 0.497 e. The van der Waals surface area contributed by atoms with Gasteiger partial charge in [0.25, 0.3) is 0 Å². The molecular weight excluding hydrogens is 285 g/mol. The van der Waals surface area contributed by atoms with E-state index in [1.54, 1.807) is 12.1 Å². The molecule has 0 spiro atoms. The maximum absolute atomic E-state index is 13.2. The second-order valence-electron chi connectivity index (χ2n) is 4.48. The maximum Gasteiger partial charge on any atom is 0.430 e. The zero-order chi connectivity index (χ0) is 15.5. The quantitative estimate of drug-likeness (QED) is 0.800. The van der Waals surface area contributed by atoms with Gasteiger partial charge in [0.1, 0.15) is 18.1 Å². The number of halogens is 3. The first kappa shape index (κ1) is 15.3. The molecule has 1 heterocycles. The van der Waals surface area contributed by atoms with E-state index in [1.165, 1.54) is 26.2 Å². The van der Waals surface area contributed by atoms with Crippen molar-refractivity contribution < 1.29 is 22.6 Å². The molecule has 0 saturated carbocycles. The fraction of sp³-hybridized carbons (Fsp3) is 0.429. The van der Waals surface area contributed by atoms with Gasteiger partial charge < -0.3 is 9.47 Å². The van der Waals surface area contributed by atoms with Crippen molar-refractivity contribution in [2.24, 2.45) is 15.9 Å². The van der Waals surface area contributed by atoms with E-state index in [4.69, 9.17) is 9.47 Å². The lowest BCUT2D eigenvalue weighted by molar-refractivity contribution is -0.0616. The van der Waals surface area contributed by atoms with E-state index in [1.807, 2.05) is 0 Å². The van der Waals surface area contributed by atoms with Crippen LogP contribution in [0.15, 0.2) is 34.3 Å². The van der Waals surface area contributed by atoms with Crippen molar-refractivity contribution in [1.82, 2.24) is 0 Å². The zero-order valence-corrected chi connectivity index (χ0v) is 11.6. The Hall–Kier alpha value is -2.05. The molecule has 0 aliphatic carbocycles. The summed E-state index contributed by atoms with van der Waals surface area (Å²) in [4.78, 5) is 7.66. The van der Waals surface area contributed by atoms with Gasteiger partial charge in [0.2, 0.25) is 0 Å². The third kappa shape index (κ3) is 3.74. The topological polar surface area (TPSA) is 43.2 Å². The summed E-state index contributed by atoms with van der Waals surface area (Å²) >= 11 is 0. The number of aliphatic imine (C=N–C) groups is 2. The minimum Gasteiger partial charge on any atom is -0.497 e. The number of methoxy groups -OCH3 is 1. The summed E-state index contributed by atoms with van der Waals surface area (Å²) in [5.41, 5.74) is -0.720. The van der Waals surface area contributed by atoms with E-state index in [-0.39, 0.29) is 11.6 Å². The van der Waals surface area contributed by atoms with Crippen LogP contribution in [0.2, 0.25) is 0 Å². The Kier molecular flexibility index (Phi) is 4.50. The minimum atomic E-state index is -4.55. The van der Waals surface area contributed by atoms with Gasteiger partial charge in [0.05, 0.1) is 25.3 Å². The van der Waals surface area contributed by atoms with Gasteiger partial charge in [-0.3, -0.25) is 4.99 Å². The highest BCUT2D eigenvalue weighted by Gasteiger charge is 2.42. The molecular formula is C14H15F3N2O2. The van der Waals surface area contributed by atoms with Crippen LogP contribution in [0.4, 0.5) is 18.9 Å². The molecule has 0 aromatic heterocycles. The summed E-state index contributed by atoms with van der Waals surface area (Å²) in [5, 5.41) is 0. The van der Waals surface area contributed by atoms with Crippen LogP contribution in [-0.2, 0) is 4.74 Å². The van der Waals surface area contributed by atoms with Crippen molar-refractivity contribution in [3.8, 4) is 5.75 Å². The highest BCUT2D eigenvalue weighted by molar-refractivity contribution is 6.07. The van der Waals surface area contributed by atoms with Gasteiger partial charge in [0.15, 0.2) is 5.90 Å². The summed E-state index contributed by atoms with van der Waals surface area (Å²) in [7, 11) is 1.48. The number of hydrogen-bond donors (Lipinski definition) is 0. The molecule has 1 aromatic rings. The average Bonchev–Trinajstić information content (AvgIpc) is 2.97. The predicted octanol–water partition coefficient (Wildman–Crippen LogP) is 3.39. The van der Waals surface area contributed by atoms with Crippen LogP contribution < -0.4 is 4.74 Å². The molecule has 0 N–H and O–H groups in total. The average molecular weight is 300 g/mol. The third-order valence-corrected chi connectivity index (χ3v) is 3.00. The van der Waals surface area contributed by atoms with Crippen LogP contribution in [0.1, 0.15) is 6.92 Å². The lowest BCUT2D eigenvalue weighted by Crippen LogP contribution is -2.34. The number of hydrogen-bond acceptors (Lipinski definition) is 4. The number of nitrogens with zero attached hydrogens (tertiary/aromatic N) is 2. The molecule has 7 heteroatoms. The summed E-state index contributed by atoms with van der Waals surface area (Å²) in [5.74, 6) is -0.395. The van der Waals surface area contributed by atoms with Gasteiger partial charge in [-0.05, 0) is 31.2 Å². The van der Waals surface area contributed by atoms with Gasteiger partial charge >= 0.3 is 6.18 Å². The van der Waals surface area contributed by atoms with Crippen LogP contribution in [0.3, 0.4) is 0 Å². The van der Waals surface area contributed by atoms with Gasteiger partial charge in [-0.2, -0.15) is 13.2 Å². The lowest BCUT2D eigenvalue weighted by Gasteiger charge is -2.17. The van der Waals surface area contributed by atoms with Gasteiger partial charge in [-0.25, -0.2) is 4.99 Å². The van der Waals surface area contributed by atoms with E-state index in [2.05, 4.69) is 9.98 Å². The van der Waals surface area contributed by atoms with E-state index in [0.29, 0.717) is 18.9 Å². The Balaban J connectivity index is 2.32. The first-order chi connectivity index (χ1) is 9.91. The SMILES string of the molecule is COc1ccc(N=C(C(C)C2=NCCO2)C(F)(F)F)cc1. The Labute approximate surface area is 120 Å². The van der Waals surface area contributed by atoms with Crippen molar-refractivity contribution in [3.63, 3.8) is 0 Å². The number of benzene rings is 1. The summed E-state index contributed by atoms with van der Waals surface area (Å²) < 4.78 is 49.6. The van der Waals surface area contributed by atoms with Crippen molar-refractivity contribution in [2.75, 3.05) is 20.3 Å². The standard InChI is InChI=1S/C14H15F3N2O2/c1-9(13-18-7-8-21-13)12(14(15,16)17)19-10-3-5-11(20-2)6-4-10/h3-6,9H,7-8H2,1-2H3. The maximum atomic E-state index is 13.2. The van der Waals surface area contributed by atoms with E-state index in [0.717, 1.165) is 0 Å². The zero-order valence-electron chi connectivity index (χ0n) is 11.6. The Morgan fingerprint density at radius 1 is 1.33 bits per heavy atom. The molecule has 0 bridgehead atoms. The number of rotatable bonds is 4. The van der Waals surface area contributed by atoms with Gasteiger partial charge in [0, 0.05) is 0 Å². The van der Waals surface area contributed by atoms with Crippen LogP contribution in [-0.4, -0.2) is 38.0 Å². The molecule has 0 radical (unpaired) electrons. The lowest BCUT2D eigenvalue weighted by atomic mass is 10.0. The van der Waals surface area contributed by atoms with Crippen LogP contribution in [0, 0.1) is 5.92 Å². The normalized spacial score (nSPS) is 17.2. The third-order valence-electron chi connectivity index (χ3n) is 3.00. The molecule has 1 aliphatic heterocycles. The molecule has 2 rings (SSSR count). The Morgan fingerprint density at radius 2 is 2.00 bits per heavy atom. The molecule has 4 nitrogen and oxygen atoms in total. The minimum absolute atomic E-state index is 0.0830. The molecule has 114 valence electrons. The van der Waals surface area contributed by atoms with Gasteiger partial charge in [-0.1, -0.05) is 0 Å². The number of ether oxygens (including phenoxy) is 2. The highest BCUT2D eigenvalue weighted by Crippen LogP contribution is 2.28. The summed E-state index contributed by atoms with van der Waals surface area (Å²) in [6.07, 6.45) is -4.55. The Bertz CT molecular complexity index is 550. The Morgan fingerprint density at radius 3 is 2.48 bits per heavy atom. The van der Waals surface area contributed by atoms with Crippen molar-refractivity contribution in [1.29, 1.82) is 0 Å². The molecule has 0 fully saturated rings. The van der Waals surface area contributed by atoms with E-state index in [9.17, 15) is 13.2 Å². The van der Waals surface area contributed by atoms with Crippen molar-refractivity contribution in [2.45, 2.75) is 13.1 Å². The number of alkyl halides is 3. The molecule has 1 unspecified atom stereocenters. The fourth-order valence-electron chi connectivity index (χ4n) is 1.93. The molecule has 1 atom stereocenters.